The van der Waals surface area contributed by atoms with E-state index in [4.69, 9.17) is 4.74 Å². The normalized spacial score (nSPS) is 17.1. The Morgan fingerprint density at radius 1 is 1.55 bits per heavy atom. The van der Waals surface area contributed by atoms with Crippen LogP contribution in [0.25, 0.3) is 0 Å². The molecule has 1 aliphatic rings. The number of amides is 1. The van der Waals surface area contributed by atoms with Gasteiger partial charge in [0.2, 0.25) is 0 Å². The lowest BCUT2D eigenvalue weighted by Gasteiger charge is -2.24. The van der Waals surface area contributed by atoms with Crippen molar-refractivity contribution in [1.82, 2.24) is 15.1 Å². The number of carbonyl (C=O) groups excluding carboxylic acids is 1. The molecule has 1 unspecified atom stereocenters. The van der Waals surface area contributed by atoms with Crippen molar-refractivity contribution in [2.45, 2.75) is 17.5 Å². The van der Waals surface area contributed by atoms with Crippen LogP contribution in [-0.2, 0) is 18.4 Å². The van der Waals surface area contributed by atoms with Crippen molar-refractivity contribution in [2.75, 3.05) is 5.75 Å². The van der Waals surface area contributed by atoms with E-state index in [-0.39, 0.29) is 5.91 Å². The number of hydrogen-bond acceptors (Lipinski definition) is 4. The second kappa shape index (κ2) is 5.58. The summed E-state index contributed by atoms with van der Waals surface area (Å²) in [4.78, 5) is 13.2. The summed E-state index contributed by atoms with van der Waals surface area (Å²) in [5.41, 5.74) is 0.977. The van der Waals surface area contributed by atoms with Crippen LogP contribution in [0.15, 0.2) is 41.6 Å². The van der Waals surface area contributed by atoms with E-state index in [9.17, 15) is 4.79 Å². The van der Waals surface area contributed by atoms with Gasteiger partial charge in [-0.3, -0.25) is 9.48 Å². The number of aromatic nitrogens is 2. The van der Waals surface area contributed by atoms with Gasteiger partial charge >= 0.3 is 0 Å². The van der Waals surface area contributed by atoms with Crippen LogP contribution < -0.4 is 10.1 Å². The first kappa shape index (κ1) is 13.1. The molecular weight excluding hydrogens is 274 g/mol. The smallest absolute Gasteiger partial charge is 0.262 e. The SMILES string of the molecule is Cn1cc(CNC(=O)C2CSc3ccccc3O2)cn1. The van der Waals surface area contributed by atoms with Crippen LogP contribution in [0, 0.1) is 0 Å². The molecule has 3 rings (SSSR count). The van der Waals surface area contributed by atoms with Crippen LogP contribution >= 0.6 is 11.8 Å². The van der Waals surface area contributed by atoms with Crippen LogP contribution in [0.4, 0.5) is 0 Å². The van der Waals surface area contributed by atoms with E-state index < -0.39 is 6.10 Å². The Morgan fingerprint density at radius 2 is 2.40 bits per heavy atom. The summed E-state index contributed by atoms with van der Waals surface area (Å²) in [5.74, 6) is 1.33. The molecule has 6 heteroatoms. The number of hydrogen-bond donors (Lipinski definition) is 1. The summed E-state index contributed by atoms with van der Waals surface area (Å²) < 4.78 is 7.45. The van der Waals surface area contributed by atoms with Crippen molar-refractivity contribution >= 4 is 17.7 Å². The van der Waals surface area contributed by atoms with Crippen molar-refractivity contribution < 1.29 is 9.53 Å². The molecule has 2 aromatic rings. The van der Waals surface area contributed by atoms with Crippen molar-refractivity contribution in [3.8, 4) is 5.75 Å². The van der Waals surface area contributed by atoms with E-state index in [0.29, 0.717) is 12.3 Å². The highest BCUT2D eigenvalue weighted by Crippen LogP contribution is 2.34. The molecule has 2 heterocycles. The molecule has 0 saturated heterocycles. The van der Waals surface area contributed by atoms with Gasteiger partial charge in [0.15, 0.2) is 6.10 Å². The molecule has 20 heavy (non-hydrogen) atoms. The molecule has 1 aromatic carbocycles. The summed E-state index contributed by atoms with van der Waals surface area (Å²) >= 11 is 1.65. The van der Waals surface area contributed by atoms with Gasteiger partial charge in [-0.25, -0.2) is 0 Å². The highest BCUT2D eigenvalue weighted by Gasteiger charge is 2.26. The number of para-hydroxylation sites is 1. The molecule has 0 bridgehead atoms. The highest BCUT2D eigenvalue weighted by atomic mass is 32.2. The Bertz CT molecular complexity index is 626. The fourth-order valence-electron chi connectivity index (χ4n) is 2.01. The molecule has 0 fully saturated rings. The lowest BCUT2D eigenvalue weighted by atomic mass is 10.3. The number of ether oxygens (including phenoxy) is 1. The standard InChI is InChI=1S/C14H15N3O2S/c1-17-8-10(7-16-17)6-15-14(18)12-9-20-13-5-3-2-4-11(13)19-12/h2-5,7-8,12H,6,9H2,1H3,(H,15,18). The van der Waals surface area contributed by atoms with Gasteiger partial charge in [-0.1, -0.05) is 12.1 Å². The number of aryl methyl sites for hydroxylation is 1. The first-order valence-electron chi connectivity index (χ1n) is 6.36. The van der Waals surface area contributed by atoms with Gasteiger partial charge in [0.1, 0.15) is 5.75 Å². The molecule has 1 amide bonds. The first-order valence-corrected chi connectivity index (χ1v) is 7.34. The van der Waals surface area contributed by atoms with Crippen LogP contribution in [-0.4, -0.2) is 27.5 Å². The Morgan fingerprint density at radius 3 is 3.20 bits per heavy atom. The minimum atomic E-state index is -0.438. The van der Waals surface area contributed by atoms with Crippen molar-refractivity contribution in [3.63, 3.8) is 0 Å². The number of nitrogens with one attached hydrogen (secondary N) is 1. The zero-order valence-electron chi connectivity index (χ0n) is 11.1. The molecule has 104 valence electrons. The summed E-state index contributed by atoms with van der Waals surface area (Å²) in [7, 11) is 1.85. The number of nitrogens with zero attached hydrogens (tertiary/aromatic N) is 2. The predicted octanol–water partition coefficient (Wildman–Crippen LogP) is 1.59. The molecule has 5 nitrogen and oxygen atoms in total. The van der Waals surface area contributed by atoms with E-state index in [1.807, 2.05) is 37.5 Å². The van der Waals surface area contributed by atoms with E-state index >= 15 is 0 Å². The summed E-state index contributed by atoms with van der Waals surface area (Å²) in [6, 6.07) is 7.78. The molecule has 0 spiro atoms. The van der Waals surface area contributed by atoms with Gasteiger partial charge in [0, 0.05) is 36.0 Å². The number of rotatable bonds is 3. The Labute approximate surface area is 121 Å². The maximum Gasteiger partial charge on any atom is 0.262 e. The third-order valence-corrected chi connectivity index (χ3v) is 4.14. The largest absolute Gasteiger partial charge is 0.479 e. The third kappa shape index (κ3) is 2.80. The fourth-order valence-corrected chi connectivity index (χ4v) is 3.00. The minimum Gasteiger partial charge on any atom is -0.479 e. The predicted molar refractivity (Wildman–Crippen MR) is 76.6 cm³/mol. The highest BCUT2D eigenvalue weighted by molar-refractivity contribution is 7.99. The van der Waals surface area contributed by atoms with Gasteiger partial charge in [-0.2, -0.15) is 5.10 Å². The van der Waals surface area contributed by atoms with E-state index in [1.54, 1.807) is 22.6 Å². The zero-order chi connectivity index (χ0) is 13.9. The monoisotopic (exact) mass is 289 g/mol. The van der Waals surface area contributed by atoms with Crippen molar-refractivity contribution in [3.05, 3.63) is 42.2 Å². The lowest BCUT2D eigenvalue weighted by Crippen LogP contribution is -2.40. The lowest BCUT2D eigenvalue weighted by molar-refractivity contribution is -0.127. The average Bonchev–Trinajstić information content (AvgIpc) is 2.90. The van der Waals surface area contributed by atoms with Gasteiger partial charge in [-0.15, -0.1) is 11.8 Å². The van der Waals surface area contributed by atoms with Gasteiger partial charge < -0.3 is 10.1 Å². The van der Waals surface area contributed by atoms with E-state index in [0.717, 1.165) is 16.2 Å². The van der Waals surface area contributed by atoms with Crippen LogP contribution in [0.2, 0.25) is 0 Å². The molecule has 1 aromatic heterocycles. The fraction of sp³-hybridized carbons (Fsp3) is 0.286. The van der Waals surface area contributed by atoms with E-state index in [2.05, 4.69) is 10.4 Å². The maximum absolute atomic E-state index is 12.1. The number of benzene rings is 1. The van der Waals surface area contributed by atoms with Crippen LogP contribution in [0.1, 0.15) is 5.56 Å². The molecule has 1 N–H and O–H groups in total. The summed E-state index contributed by atoms with van der Waals surface area (Å²) in [6.45, 7) is 0.471. The van der Waals surface area contributed by atoms with Crippen LogP contribution in [0.5, 0.6) is 5.75 Å². The third-order valence-electron chi connectivity index (χ3n) is 3.03. The van der Waals surface area contributed by atoms with Gasteiger partial charge in [0.05, 0.1) is 6.20 Å². The molecule has 0 saturated carbocycles. The first-order chi connectivity index (χ1) is 9.72. The average molecular weight is 289 g/mol. The summed E-state index contributed by atoms with van der Waals surface area (Å²) in [5, 5.41) is 6.95. The van der Waals surface area contributed by atoms with Crippen molar-refractivity contribution in [2.24, 2.45) is 7.05 Å². The second-order valence-electron chi connectivity index (χ2n) is 4.60. The quantitative estimate of drug-likeness (QED) is 0.932. The van der Waals surface area contributed by atoms with E-state index in [1.165, 1.54) is 0 Å². The Kier molecular flexibility index (Phi) is 3.64. The minimum absolute atomic E-state index is 0.0872. The van der Waals surface area contributed by atoms with Gasteiger partial charge in [0.25, 0.3) is 5.91 Å². The molecule has 0 radical (unpaired) electrons. The van der Waals surface area contributed by atoms with Crippen molar-refractivity contribution in [1.29, 1.82) is 0 Å². The zero-order valence-corrected chi connectivity index (χ0v) is 11.9. The Balaban J connectivity index is 1.59. The molecule has 1 atom stereocenters. The van der Waals surface area contributed by atoms with Gasteiger partial charge in [-0.05, 0) is 12.1 Å². The number of carbonyl (C=O) groups is 1. The molecule has 1 aliphatic heterocycles. The maximum atomic E-state index is 12.1. The summed E-state index contributed by atoms with van der Waals surface area (Å²) in [6.07, 6.45) is 3.18. The number of thioether (sulfide) groups is 1. The van der Waals surface area contributed by atoms with Crippen LogP contribution in [0.3, 0.4) is 0 Å². The Hall–Kier alpha value is -1.95. The molecular formula is C14H15N3O2S. The second-order valence-corrected chi connectivity index (χ2v) is 5.67. The topological polar surface area (TPSA) is 56.2 Å². The number of fused-ring (bicyclic) bond motifs is 1. The molecule has 0 aliphatic carbocycles.